The van der Waals surface area contributed by atoms with E-state index in [9.17, 15) is 0 Å². The van der Waals surface area contributed by atoms with E-state index >= 15 is 0 Å². The Morgan fingerprint density at radius 1 is 0.700 bits per heavy atom. The van der Waals surface area contributed by atoms with Crippen LogP contribution in [0, 0.1) is 0 Å². The molecular formula is C3H3CrO6-3. The van der Waals surface area contributed by atoms with E-state index < -0.39 is 19.4 Å². The maximum atomic E-state index is 8.25. The molecule has 0 aliphatic heterocycles. The maximum absolute atomic E-state index is 8.25. The Morgan fingerprint density at radius 2 is 0.700 bits per heavy atom. The molecule has 7 heteroatoms. The van der Waals surface area contributed by atoms with Crippen LogP contribution in [0.15, 0.2) is 0 Å². The molecule has 6 nitrogen and oxygen atoms in total. The molecule has 0 aromatic heterocycles. The predicted molar refractivity (Wildman–Crippen MR) is 18.2 cm³/mol. The summed E-state index contributed by atoms with van der Waals surface area (Å²) >= 11 is 0. The van der Waals surface area contributed by atoms with Gasteiger partial charge >= 0.3 is 0 Å². The molecule has 0 heterocycles. The van der Waals surface area contributed by atoms with Gasteiger partial charge in [0.15, 0.2) is 0 Å². The van der Waals surface area contributed by atoms with Crippen LogP contribution < -0.4 is 15.3 Å². The Kier molecular flexibility index (Phi) is 234. The van der Waals surface area contributed by atoms with Crippen LogP contribution in [-0.2, 0) is 31.7 Å². The van der Waals surface area contributed by atoms with E-state index in [1.165, 1.54) is 0 Å². The number of hydrogen-bond acceptors (Lipinski definition) is 6. The van der Waals surface area contributed by atoms with Crippen molar-refractivity contribution in [1.82, 2.24) is 0 Å². The molecule has 0 aliphatic rings. The smallest absolute Gasteiger partial charge is 0.0275 e. The summed E-state index contributed by atoms with van der Waals surface area (Å²) in [5.74, 6) is 0. The minimum absolute atomic E-state index is 0. The molecule has 0 rings (SSSR count). The largest absolute Gasteiger partial charge is 0.554 e. The van der Waals surface area contributed by atoms with Gasteiger partial charge in [-0.25, -0.2) is 0 Å². The van der Waals surface area contributed by atoms with E-state index in [0.29, 0.717) is 0 Å². The number of carbonyl (C=O) groups excluding carboxylic acids is 3. The first-order valence-electron chi connectivity index (χ1n) is 1.41. The molecule has 0 aliphatic carbocycles. The first kappa shape index (κ1) is 23.1. The van der Waals surface area contributed by atoms with Gasteiger partial charge in [-0.3, -0.25) is 0 Å². The normalized spacial score (nSPS) is 3.60. The Balaban J connectivity index is -0.0000000257. The first-order valence-corrected chi connectivity index (χ1v) is 1.41. The van der Waals surface area contributed by atoms with Gasteiger partial charge in [0.05, 0.1) is 0 Å². The van der Waals surface area contributed by atoms with E-state index in [4.69, 9.17) is 29.7 Å². The van der Waals surface area contributed by atoms with Crippen molar-refractivity contribution in [2.24, 2.45) is 0 Å². The van der Waals surface area contributed by atoms with Gasteiger partial charge in [0.1, 0.15) is 0 Å². The summed E-state index contributed by atoms with van der Waals surface area (Å²) < 4.78 is 0. The van der Waals surface area contributed by atoms with Crippen molar-refractivity contribution in [1.29, 1.82) is 0 Å². The fourth-order valence-corrected chi connectivity index (χ4v) is 0. The second-order valence-corrected chi connectivity index (χ2v) is 0.289. The second-order valence-electron chi connectivity index (χ2n) is 0.289. The zero-order valence-electron chi connectivity index (χ0n) is 4.59. The number of carboxylic acid groups (broad SMARTS) is 3. The molecule has 0 aromatic rings. The van der Waals surface area contributed by atoms with Crippen molar-refractivity contribution in [3.05, 3.63) is 0 Å². The van der Waals surface area contributed by atoms with Gasteiger partial charge in [0.25, 0.3) is 0 Å². The van der Waals surface area contributed by atoms with Crippen LogP contribution in [-0.4, -0.2) is 19.4 Å². The topological polar surface area (TPSA) is 120 Å². The monoisotopic (exact) mass is 187 g/mol. The third kappa shape index (κ3) is 219. The predicted octanol–water partition coefficient (Wildman–Crippen LogP) is -4.90. The number of rotatable bonds is 0. The number of hydrogen-bond donors (Lipinski definition) is 0. The molecule has 0 bridgehead atoms. The Bertz CT molecular complexity index is 49.7. The van der Waals surface area contributed by atoms with Gasteiger partial charge in [0.2, 0.25) is 0 Å². The molecule has 60 valence electrons. The zero-order chi connectivity index (χ0) is 8.12. The zero-order valence-corrected chi connectivity index (χ0v) is 5.86. The van der Waals surface area contributed by atoms with Gasteiger partial charge < -0.3 is 29.7 Å². The van der Waals surface area contributed by atoms with E-state index in [0.717, 1.165) is 0 Å². The van der Waals surface area contributed by atoms with Gasteiger partial charge in [-0.15, -0.1) is 0 Å². The van der Waals surface area contributed by atoms with Gasteiger partial charge in [-0.1, -0.05) is 0 Å². The average Bonchev–Trinajstić information content (AvgIpc) is 1.70. The fourth-order valence-electron chi connectivity index (χ4n) is 0. The number of carbonyl (C=O) groups is 3. The Morgan fingerprint density at radius 3 is 0.700 bits per heavy atom. The average molecular weight is 187 g/mol. The van der Waals surface area contributed by atoms with Crippen molar-refractivity contribution in [3.8, 4) is 0 Å². The molecule has 0 aromatic carbocycles. The Hall–Kier alpha value is -1.06. The van der Waals surface area contributed by atoms with Crippen molar-refractivity contribution < 1.29 is 47.1 Å². The summed E-state index contributed by atoms with van der Waals surface area (Å²) in [6, 6.07) is 0. The summed E-state index contributed by atoms with van der Waals surface area (Å²) in [6.07, 6.45) is 0. The minimum Gasteiger partial charge on any atom is -0.554 e. The van der Waals surface area contributed by atoms with E-state index in [1.807, 2.05) is 0 Å². The molecule has 0 atom stereocenters. The molecule has 10 heavy (non-hydrogen) atoms. The van der Waals surface area contributed by atoms with Crippen molar-refractivity contribution in [2.45, 2.75) is 0 Å². The molecule has 0 saturated heterocycles. The van der Waals surface area contributed by atoms with Crippen molar-refractivity contribution in [2.75, 3.05) is 0 Å². The quantitative estimate of drug-likeness (QED) is 0.350. The van der Waals surface area contributed by atoms with E-state index in [2.05, 4.69) is 0 Å². The van der Waals surface area contributed by atoms with Crippen molar-refractivity contribution in [3.63, 3.8) is 0 Å². The Labute approximate surface area is 67.2 Å². The summed E-state index contributed by atoms with van der Waals surface area (Å²) in [5, 5.41) is 24.8. The third-order valence-electron chi connectivity index (χ3n) is 0. The summed E-state index contributed by atoms with van der Waals surface area (Å²) in [5.41, 5.74) is 0. The summed E-state index contributed by atoms with van der Waals surface area (Å²) in [4.78, 5) is 24.8. The molecule has 0 radical (unpaired) electrons. The molecule has 0 N–H and O–H groups in total. The molecule has 0 spiro atoms. The van der Waals surface area contributed by atoms with Crippen LogP contribution >= 0.6 is 0 Å². The van der Waals surface area contributed by atoms with Crippen molar-refractivity contribution >= 4 is 19.4 Å². The fraction of sp³-hybridized carbons (Fsp3) is 0. The van der Waals surface area contributed by atoms with Crippen LogP contribution in [0.5, 0.6) is 0 Å². The standard InChI is InChI=1S/3CH2O2.Cr/c3*2-1-3;/h3*1H,(H,2,3);/p-3. The van der Waals surface area contributed by atoms with E-state index in [1.54, 1.807) is 0 Å². The summed E-state index contributed by atoms with van der Waals surface area (Å²) in [6.45, 7) is -1.50. The third-order valence-corrected chi connectivity index (χ3v) is 0. The van der Waals surface area contributed by atoms with Crippen LogP contribution in [0.4, 0.5) is 0 Å². The first-order chi connectivity index (χ1) is 4.24. The summed E-state index contributed by atoms with van der Waals surface area (Å²) in [7, 11) is 0. The second kappa shape index (κ2) is 101. The van der Waals surface area contributed by atoms with Gasteiger partial charge in [0, 0.05) is 36.8 Å². The van der Waals surface area contributed by atoms with Crippen LogP contribution in [0.25, 0.3) is 0 Å². The SMILES string of the molecule is O=C[O-].O=C[O-].O=C[O-].[Cr]. The van der Waals surface area contributed by atoms with Crippen LogP contribution in [0.1, 0.15) is 0 Å². The molecule has 0 unspecified atom stereocenters. The minimum atomic E-state index is -0.500. The van der Waals surface area contributed by atoms with E-state index in [-0.39, 0.29) is 17.4 Å². The molecule has 0 fully saturated rings. The van der Waals surface area contributed by atoms with Crippen LogP contribution in [0.2, 0.25) is 0 Å². The molecule has 0 amide bonds. The molecule has 0 saturated carbocycles. The van der Waals surface area contributed by atoms with Crippen LogP contribution in [0.3, 0.4) is 0 Å². The van der Waals surface area contributed by atoms with Gasteiger partial charge in [-0.05, 0) is 0 Å². The molecular weight excluding hydrogens is 184 g/mol. The van der Waals surface area contributed by atoms with Gasteiger partial charge in [-0.2, -0.15) is 0 Å². The maximum Gasteiger partial charge on any atom is 0.0275 e.